The molecule has 0 unspecified atom stereocenters. The van der Waals surface area contributed by atoms with Crippen LogP contribution in [0.5, 0.6) is 0 Å². The number of hydrogen-bond acceptors (Lipinski definition) is 5. The van der Waals surface area contributed by atoms with Crippen LogP contribution in [0.2, 0.25) is 0 Å². The summed E-state index contributed by atoms with van der Waals surface area (Å²) < 4.78 is 6.98. The molecule has 1 aliphatic rings. The molecule has 0 aliphatic heterocycles. The summed E-state index contributed by atoms with van der Waals surface area (Å²) in [6.45, 7) is 5.78. The van der Waals surface area contributed by atoms with E-state index in [0.717, 1.165) is 44.5 Å². The summed E-state index contributed by atoms with van der Waals surface area (Å²) >= 11 is 0. The van der Waals surface area contributed by atoms with Gasteiger partial charge in [0.05, 0.1) is 0 Å². The highest BCUT2D eigenvalue weighted by Crippen LogP contribution is 2.24. The molecule has 3 rings (SSSR count). The molecule has 0 bridgehead atoms. The van der Waals surface area contributed by atoms with Crippen molar-refractivity contribution in [1.29, 1.82) is 0 Å². The molecule has 28 heavy (non-hydrogen) atoms. The lowest BCUT2D eigenvalue weighted by atomic mass is 9.85. The summed E-state index contributed by atoms with van der Waals surface area (Å²) in [4.78, 5) is 32.7. The molecule has 0 spiro atoms. The summed E-state index contributed by atoms with van der Waals surface area (Å²) in [5, 5.41) is 6.02. The van der Waals surface area contributed by atoms with Gasteiger partial charge in [-0.2, -0.15) is 0 Å². The van der Waals surface area contributed by atoms with Gasteiger partial charge in [-0.15, -0.1) is 0 Å². The van der Waals surface area contributed by atoms with Crippen molar-refractivity contribution in [2.75, 3.05) is 6.54 Å². The van der Waals surface area contributed by atoms with Crippen molar-refractivity contribution in [1.82, 2.24) is 25.2 Å². The zero-order chi connectivity index (χ0) is 19.9. The lowest BCUT2D eigenvalue weighted by Crippen LogP contribution is -2.41. The van der Waals surface area contributed by atoms with E-state index in [4.69, 9.17) is 4.42 Å². The van der Waals surface area contributed by atoms with E-state index in [1.54, 1.807) is 0 Å². The summed E-state index contributed by atoms with van der Waals surface area (Å²) in [6.07, 6.45) is 10.4. The minimum atomic E-state index is -0.220. The Balaban J connectivity index is 1.34. The largest absolute Gasteiger partial charge is 0.451 e. The molecule has 0 radical (unpaired) electrons. The minimum Gasteiger partial charge on any atom is -0.451 e. The standard InChI is InChI=1S/C20H29N5O3/c1-14(2)18-21-9-11-25(18)10-3-8-22-19(26)15-4-6-16(7-5-15)24-20(27)17-12-28-13-23-17/h9,11-16H,3-8,10H2,1-2H3,(H,22,26)(H,24,27). The fourth-order valence-electron chi connectivity index (χ4n) is 3.70. The average Bonchev–Trinajstić information content (AvgIpc) is 3.37. The SMILES string of the molecule is CC(C)c1nccn1CCCNC(=O)C1CCC(NC(=O)c2cocn2)CC1. The maximum Gasteiger partial charge on any atom is 0.273 e. The van der Waals surface area contributed by atoms with E-state index in [1.165, 1.54) is 12.7 Å². The van der Waals surface area contributed by atoms with Crippen LogP contribution in [0.4, 0.5) is 0 Å². The van der Waals surface area contributed by atoms with Crippen molar-refractivity contribution in [3.8, 4) is 0 Å². The van der Waals surface area contributed by atoms with Gasteiger partial charge in [-0.25, -0.2) is 9.97 Å². The van der Waals surface area contributed by atoms with Gasteiger partial charge >= 0.3 is 0 Å². The summed E-state index contributed by atoms with van der Waals surface area (Å²) in [7, 11) is 0. The molecule has 0 saturated heterocycles. The van der Waals surface area contributed by atoms with Crippen LogP contribution < -0.4 is 10.6 Å². The van der Waals surface area contributed by atoms with Gasteiger partial charge in [0.2, 0.25) is 5.91 Å². The van der Waals surface area contributed by atoms with E-state index in [9.17, 15) is 9.59 Å². The van der Waals surface area contributed by atoms with Crippen LogP contribution in [0.1, 0.15) is 68.2 Å². The molecular formula is C20H29N5O3. The number of hydrogen-bond donors (Lipinski definition) is 2. The molecule has 2 N–H and O–H groups in total. The van der Waals surface area contributed by atoms with E-state index in [2.05, 4.69) is 39.0 Å². The molecule has 8 nitrogen and oxygen atoms in total. The molecule has 1 saturated carbocycles. The normalized spacial score (nSPS) is 19.5. The van der Waals surface area contributed by atoms with Crippen LogP contribution >= 0.6 is 0 Å². The average molecular weight is 387 g/mol. The molecule has 0 atom stereocenters. The first-order valence-corrected chi connectivity index (χ1v) is 10.0. The number of nitrogens with one attached hydrogen (secondary N) is 2. The number of oxazole rings is 1. The van der Waals surface area contributed by atoms with E-state index >= 15 is 0 Å². The first-order chi connectivity index (χ1) is 13.5. The highest BCUT2D eigenvalue weighted by Gasteiger charge is 2.27. The number of carbonyl (C=O) groups is 2. The third-order valence-corrected chi connectivity index (χ3v) is 5.24. The fourth-order valence-corrected chi connectivity index (χ4v) is 3.70. The minimum absolute atomic E-state index is 0.0275. The van der Waals surface area contributed by atoms with Gasteiger partial charge in [0.15, 0.2) is 12.1 Å². The van der Waals surface area contributed by atoms with E-state index in [1.807, 2.05) is 12.4 Å². The maximum absolute atomic E-state index is 12.4. The van der Waals surface area contributed by atoms with Crippen LogP contribution in [0, 0.1) is 5.92 Å². The molecule has 1 fully saturated rings. The number of nitrogens with zero attached hydrogens (tertiary/aromatic N) is 3. The second-order valence-electron chi connectivity index (χ2n) is 7.67. The van der Waals surface area contributed by atoms with Crippen molar-refractivity contribution in [3.63, 3.8) is 0 Å². The molecule has 152 valence electrons. The Morgan fingerprint density at radius 1 is 1.25 bits per heavy atom. The predicted molar refractivity (Wildman–Crippen MR) is 104 cm³/mol. The van der Waals surface area contributed by atoms with Gasteiger partial charge in [-0.1, -0.05) is 13.8 Å². The highest BCUT2D eigenvalue weighted by atomic mass is 16.3. The second-order valence-corrected chi connectivity index (χ2v) is 7.67. The predicted octanol–water partition coefficient (Wildman–Crippen LogP) is 2.49. The number of aryl methyl sites for hydroxylation is 1. The van der Waals surface area contributed by atoms with Crippen LogP contribution in [0.3, 0.4) is 0 Å². The lowest BCUT2D eigenvalue weighted by molar-refractivity contribution is -0.126. The van der Waals surface area contributed by atoms with E-state index in [0.29, 0.717) is 18.2 Å². The number of aromatic nitrogens is 3. The Kier molecular flexibility index (Phi) is 6.84. The molecule has 2 heterocycles. The third-order valence-electron chi connectivity index (χ3n) is 5.24. The lowest BCUT2D eigenvalue weighted by Gasteiger charge is -2.28. The topological polar surface area (TPSA) is 102 Å². The Bertz CT molecular complexity index is 761. The molecule has 8 heteroatoms. The van der Waals surface area contributed by atoms with E-state index in [-0.39, 0.29) is 23.8 Å². The van der Waals surface area contributed by atoms with Crippen LogP contribution in [-0.2, 0) is 11.3 Å². The Morgan fingerprint density at radius 2 is 2.04 bits per heavy atom. The number of rotatable bonds is 8. The third kappa shape index (κ3) is 5.21. The fraction of sp³-hybridized carbons (Fsp3) is 0.600. The van der Waals surface area contributed by atoms with Crippen LogP contribution in [0.15, 0.2) is 29.5 Å². The van der Waals surface area contributed by atoms with Crippen LogP contribution in [-0.4, -0.2) is 38.9 Å². The van der Waals surface area contributed by atoms with Gasteiger partial charge in [-0.05, 0) is 32.1 Å². The van der Waals surface area contributed by atoms with Gasteiger partial charge < -0.3 is 19.6 Å². The quantitative estimate of drug-likeness (QED) is 0.678. The maximum atomic E-state index is 12.4. The van der Waals surface area contributed by atoms with Crippen molar-refractivity contribution in [2.45, 2.75) is 64.5 Å². The molecule has 2 aromatic heterocycles. The second kappa shape index (κ2) is 9.52. The van der Waals surface area contributed by atoms with Crippen molar-refractivity contribution in [3.05, 3.63) is 36.6 Å². The summed E-state index contributed by atoms with van der Waals surface area (Å²) in [5.41, 5.74) is 0.290. The van der Waals surface area contributed by atoms with Crippen molar-refractivity contribution >= 4 is 11.8 Å². The Morgan fingerprint density at radius 3 is 2.71 bits per heavy atom. The summed E-state index contributed by atoms with van der Waals surface area (Å²) in [5.74, 6) is 1.40. The Labute approximate surface area is 165 Å². The highest BCUT2D eigenvalue weighted by molar-refractivity contribution is 5.92. The molecule has 0 aromatic carbocycles. The smallest absolute Gasteiger partial charge is 0.273 e. The summed E-state index contributed by atoms with van der Waals surface area (Å²) in [6, 6.07) is 0.0870. The van der Waals surface area contributed by atoms with Crippen molar-refractivity contribution < 1.29 is 14.0 Å². The van der Waals surface area contributed by atoms with E-state index < -0.39 is 0 Å². The zero-order valence-electron chi connectivity index (χ0n) is 16.6. The number of imidazole rings is 1. The molecule has 1 aliphatic carbocycles. The zero-order valence-corrected chi connectivity index (χ0v) is 16.6. The molecule has 2 amide bonds. The van der Waals surface area contributed by atoms with Gasteiger partial charge in [0, 0.05) is 43.4 Å². The van der Waals surface area contributed by atoms with Crippen LogP contribution in [0.25, 0.3) is 0 Å². The van der Waals surface area contributed by atoms with Gasteiger partial charge in [0.25, 0.3) is 5.91 Å². The molecule has 2 aromatic rings. The first-order valence-electron chi connectivity index (χ1n) is 10.0. The Hall–Kier alpha value is -2.64. The van der Waals surface area contributed by atoms with Gasteiger partial charge in [-0.3, -0.25) is 9.59 Å². The monoisotopic (exact) mass is 387 g/mol. The molecular weight excluding hydrogens is 358 g/mol. The van der Waals surface area contributed by atoms with Crippen molar-refractivity contribution in [2.24, 2.45) is 5.92 Å². The number of amides is 2. The first kappa shape index (κ1) is 20.1. The number of carbonyl (C=O) groups excluding carboxylic acids is 2. The van der Waals surface area contributed by atoms with Gasteiger partial charge in [0.1, 0.15) is 12.1 Å².